The van der Waals surface area contributed by atoms with Crippen molar-refractivity contribution in [2.45, 2.75) is 33.0 Å². The van der Waals surface area contributed by atoms with Gasteiger partial charge in [-0.3, -0.25) is 0 Å². The SMILES string of the molecule is C[C@H]1[C@H](C)[C@@H](C)C(C(=O)O)O[C@@H]1CN. The van der Waals surface area contributed by atoms with E-state index < -0.39 is 12.1 Å². The number of ether oxygens (including phenoxy) is 1. The molecule has 1 aliphatic heterocycles. The number of nitrogens with two attached hydrogens (primary N) is 1. The third kappa shape index (κ3) is 1.91. The Kier molecular flexibility index (Phi) is 3.50. The summed E-state index contributed by atoms with van der Waals surface area (Å²) in [5, 5.41) is 8.96. The molecule has 1 heterocycles. The topological polar surface area (TPSA) is 72.5 Å². The van der Waals surface area contributed by atoms with Gasteiger partial charge < -0.3 is 15.6 Å². The monoisotopic (exact) mass is 201 g/mol. The molecule has 0 bridgehead atoms. The predicted octanol–water partition coefficient (Wildman–Crippen LogP) is 0.705. The first-order valence-electron chi connectivity index (χ1n) is 5.07. The number of rotatable bonds is 2. The van der Waals surface area contributed by atoms with E-state index in [1.807, 2.05) is 6.92 Å². The van der Waals surface area contributed by atoms with E-state index in [4.69, 9.17) is 15.6 Å². The maximum Gasteiger partial charge on any atom is 0.333 e. The second kappa shape index (κ2) is 4.28. The molecule has 14 heavy (non-hydrogen) atoms. The lowest BCUT2D eigenvalue weighted by Gasteiger charge is -2.41. The van der Waals surface area contributed by atoms with Crippen LogP contribution < -0.4 is 5.73 Å². The highest BCUT2D eigenvalue weighted by atomic mass is 16.5. The predicted molar refractivity (Wildman–Crippen MR) is 52.8 cm³/mol. The van der Waals surface area contributed by atoms with Crippen LogP contribution in [-0.2, 0) is 9.53 Å². The van der Waals surface area contributed by atoms with E-state index >= 15 is 0 Å². The van der Waals surface area contributed by atoms with Crippen molar-refractivity contribution < 1.29 is 14.6 Å². The molecular formula is C10H19NO3. The van der Waals surface area contributed by atoms with Crippen LogP contribution in [0.4, 0.5) is 0 Å². The Morgan fingerprint density at radius 1 is 1.29 bits per heavy atom. The molecule has 0 aromatic rings. The summed E-state index contributed by atoms with van der Waals surface area (Å²) in [5.41, 5.74) is 5.55. The number of carboxylic acids is 1. The molecule has 0 amide bonds. The summed E-state index contributed by atoms with van der Waals surface area (Å²) in [6, 6.07) is 0. The van der Waals surface area contributed by atoms with Crippen LogP contribution in [0.15, 0.2) is 0 Å². The number of hydrogen-bond acceptors (Lipinski definition) is 3. The molecule has 0 aromatic carbocycles. The van der Waals surface area contributed by atoms with Crippen LogP contribution in [0, 0.1) is 17.8 Å². The Labute approximate surface area is 84.4 Å². The molecule has 0 aliphatic carbocycles. The van der Waals surface area contributed by atoms with Crippen molar-refractivity contribution in [1.29, 1.82) is 0 Å². The van der Waals surface area contributed by atoms with E-state index in [0.29, 0.717) is 18.4 Å². The van der Waals surface area contributed by atoms with Crippen LogP contribution in [0.5, 0.6) is 0 Å². The second-order valence-corrected chi connectivity index (χ2v) is 4.25. The molecule has 0 saturated carbocycles. The highest BCUT2D eigenvalue weighted by Gasteiger charge is 2.41. The molecule has 1 rings (SSSR count). The Hall–Kier alpha value is -0.610. The minimum atomic E-state index is -0.880. The summed E-state index contributed by atoms with van der Waals surface area (Å²) in [6.07, 6.45) is -0.822. The van der Waals surface area contributed by atoms with Crippen LogP contribution in [0.3, 0.4) is 0 Å². The average Bonchev–Trinajstić information content (AvgIpc) is 2.14. The van der Waals surface area contributed by atoms with E-state index in [0.717, 1.165) is 0 Å². The van der Waals surface area contributed by atoms with Crippen LogP contribution in [0.1, 0.15) is 20.8 Å². The first-order chi connectivity index (χ1) is 6.49. The molecule has 0 aromatic heterocycles. The molecule has 5 atom stereocenters. The Morgan fingerprint density at radius 3 is 2.29 bits per heavy atom. The van der Waals surface area contributed by atoms with E-state index in [-0.39, 0.29) is 12.0 Å². The Morgan fingerprint density at radius 2 is 1.86 bits per heavy atom. The van der Waals surface area contributed by atoms with Gasteiger partial charge >= 0.3 is 5.97 Å². The van der Waals surface area contributed by atoms with E-state index in [1.54, 1.807) is 0 Å². The highest BCUT2D eigenvalue weighted by Crippen LogP contribution is 2.34. The van der Waals surface area contributed by atoms with Crippen molar-refractivity contribution in [1.82, 2.24) is 0 Å². The molecule has 1 unspecified atom stereocenters. The quantitative estimate of drug-likeness (QED) is 0.690. The standard InChI is InChI=1S/C10H19NO3/c1-5-6(2)8(4-11)14-9(7(5)3)10(12)13/h5-9H,4,11H2,1-3H3,(H,12,13)/t5-,6-,7+,8+,9?/m0/s1. The number of carboxylic acid groups (broad SMARTS) is 1. The molecule has 3 N–H and O–H groups in total. The third-order valence-corrected chi connectivity index (χ3v) is 3.52. The van der Waals surface area contributed by atoms with Gasteiger partial charge in [-0.25, -0.2) is 4.79 Å². The zero-order valence-corrected chi connectivity index (χ0v) is 8.93. The molecule has 4 nitrogen and oxygen atoms in total. The van der Waals surface area contributed by atoms with Crippen LogP contribution in [0.2, 0.25) is 0 Å². The lowest BCUT2D eigenvalue weighted by atomic mass is 9.76. The smallest absolute Gasteiger partial charge is 0.333 e. The lowest BCUT2D eigenvalue weighted by Crippen LogP contribution is -2.50. The van der Waals surface area contributed by atoms with Crippen LogP contribution in [-0.4, -0.2) is 29.8 Å². The molecule has 4 heteroatoms. The van der Waals surface area contributed by atoms with Gasteiger partial charge in [0.25, 0.3) is 0 Å². The van der Waals surface area contributed by atoms with Crippen LogP contribution >= 0.6 is 0 Å². The fraction of sp³-hybridized carbons (Fsp3) is 0.900. The third-order valence-electron chi connectivity index (χ3n) is 3.52. The molecule has 1 aliphatic rings. The van der Waals surface area contributed by atoms with Crippen molar-refractivity contribution in [3.63, 3.8) is 0 Å². The summed E-state index contributed by atoms with van der Waals surface area (Å²) in [5.74, 6) is -0.177. The van der Waals surface area contributed by atoms with Gasteiger partial charge in [0.2, 0.25) is 0 Å². The minimum absolute atomic E-state index is 0.0466. The number of carbonyl (C=O) groups is 1. The van der Waals surface area contributed by atoms with Crippen LogP contribution in [0.25, 0.3) is 0 Å². The van der Waals surface area contributed by atoms with E-state index in [1.165, 1.54) is 0 Å². The lowest BCUT2D eigenvalue weighted by molar-refractivity contribution is -0.177. The van der Waals surface area contributed by atoms with Gasteiger partial charge in [-0.05, 0) is 17.8 Å². The van der Waals surface area contributed by atoms with Gasteiger partial charge in [0.1, 0.15) is 0 Å². The first-order valence-corrected chi connectivity index (χ1v) is 5.07. The minimum Gasteiger partial charge on any atom is -0.479 e. The zero-order chi connectivity index (χ0) is 10.9. The fourth-order valence-corrected chi connectivity index (χ4v) is 2.08. The largest absolute Gasteiger partial charge is 0.479 e. The number of hydrogen-bond donors (Lipinski definition) is 2. The normalized spacial score (nSPS) is 43.6. The summed E-state index contributed by atoms with van der Waals surface area (Å²) < 4.78 is 5.47. The molecular weight excluding hydrogens is 182 g/mol. The maximum atomic E-state index is 10.9. The van der Waals surface area contributed by atoms with E-state index in [2.05, 4.69) is 13.8 Å². The summed E-state index contributed by atoms with van der Waals surface area (Å²) in [7, 11) is 0. The van der Waals surface area contributed by atoms with Gasteiger partial charge in [0.05, 0.1) is 6.10 Å². The van der Waals surface area contributed by atoms with Gasteiger partial charge in [0.15, 0.2) is 6.10 Å². The molecule has 1 saturated heterocycles. The van der Waals surface area contributed by atoms with Gasteiger partial charge in [-0.1, -0.05) is 20.8 Å². The summed E-state index contributed by atoms with van der Waals surface area (Å²) in [4.78, 5) is 10.9. The maximum absolute atomic E-state index is 10.9. The van der Waals surface area contributed by atoms with Crippen molar-refractivity contribution in [2.24, 2.45) is 23.5 Å². The van der Waals surface area contributed by atoms with Crippen molar-refractivity contribution in [3.05, 3.63) is 0 Å². The fourth-order valence-electron chi connectivity index (χ4n) is 2.08. The molecule has 82 valence electrons. The average molecular weight is 201 g/mol. The van der Waals surface area contributed by atoms with Crippen molar-refractivity contribution in [3.8, 4) is 0 Å². The molecule has 1 fully saturated rings. The summed E-state index contributed by atoms with van der Waals surface area (Å²) in [6.45, 7) is 6.45. The zero-order valence-electron chi connectivity index (χ0n) is 8.93. The first kappa shape index (κ1) is 11.5. The Bertz CT molecular complexity index is 217. The van der Waals surface area contributed by atoms with Gasteiger partial charge in [0, 0.05) is 6.54 Å². The van der Waals surface area contributed by atoms with Gasteiger partial charge in [-0.2, -0.15) is 0 Å². The molecule has 0 spiro atoms. The summed E-state index contributed by atoms with van der Waals surface area (Å²) >= 11 is 0. The highest BCUT2D eigenvalue weighted by molar-refractivity contribution is 5.72. The number of aliphatic carboxylic acids is 1. The van der Waals surface area contributed by atoms with E-state index in [9.17, 15) is 4.79 Å². The van der Waals surface area contributed by atoms with Crippen molar-refractivity contribution >= 4 is 5.97 Å². The Balaban J connectivity index is 2.78. The second-order valence-electron chi connectivity index (χ2n) is 4.25. The van der Waals surface area contributed by atoms with Crippen molar-refractivity contribution in [2.75, 3.05) is 6.54 Å². The molecule has 0 radical (unpaired) electrons. The van der Waals surface area contributed by atoms with Gasteiger partial charge in [-0.15, -0.1) is 0 Å².